The van der Waals surface area contributed by atoms with Gasteiger partial charge in [0.2, 0.25) is 5.91 Å². The highest BCUT2D eigenvalue weighted by Gasteiger charge is 2.10. The van der Waals surface area contributed by atoms with E-state index in [0.717, 1.165) is 5.56 Å². The van der Waals surface area contributed by atoms with Crippen molar-refractivity contribution in [2.24, 2.45) is 0 Å². The van der Waals surface area contributed by atoms with Gasteiger partial charge in [-0.05, 0) is 35.4 Å². The summed E-state index contributed by atoms with van der Waals surface area (Å²) >= 11 is 5.80. The molecular weight excluding hydrogens is 302 g/mol. The summed E-state index contributed by atoms with van der Waals surface area (Å²) in [6, 6.07) is 14.2. The van der Waals surface area contributed by atoms with Crippen molar-refractivity contribution >= 4 is 17.5 Å². The first-order valence-electron chi connectivity index (χ1n) is 6.91. The van der Waals surface area contributed by atoms with Crippen LogP contribution in [-0.2, 0) is 11.2 Å². The minimum absolute atomic E-state index is 0.149. The summed E-state index contributed by atoms with van der Waals surface area (Å²) in [5.41, 5.74) is 1.57. The Bertz CT molecular complexity index is 628. The molecule has 4 nitrogen and oxygen atoms in total. The lowest BCUT2D eigenvalue weighted by atomic mass is 10.1. The highest BCUT2D eigenvalue weighted by molar-refractivity contribution is 6.30. The van der Waals surface area contributed by atoms with Gasteiger partial charge in [0, 0.05) is 11.6 Å². The van der Waals surface area contributed by atoms with Crippen LogP contribution in [0.3, 0.4) is 0 Å². The predicted molar refractivity (Wildman–Crippen MR) is 86.1 cm³/mol. The largest absolute Gasteiger partial charge is 0.497 e. The van der Waals surface area contributed by atoms with Crippen LogP contribution >= 0.6 is 11.6 Å². The number of methoxy groups -OCH3 is 1. The molecule has 22 heavy (non-hydrogen) atoms. The van der Waals surface area contributed by atoms with Crippen molar-refractivity contribution in [3.8, 4) is 5.75 Å². The maximum atomic E-state index is 11.9. The van der Waals surface area contributed by atoms with E-state index in [2.05, 4.69) is 5.32 Å². The Morgan fingerprint density at radius 1 is 1.27 bits per heavy atom. The van der Waals surface area contributed by atoms with Crippen molar-refractivity contribution in [2.75, 3.05) is 13.7 Å². The first-order chi connectivity index (χ1) is 10.6. The maximum Gasteiger partial charge on any atom is 0.224 e. The van der Waals surface area contributed by atoms with Gasteiger partial charge < -0.3 is 15.2 Å². The van der Waals surface area contributed by atoms with Crippen LogP contribution in [0.4, 0.5) is 0 Å². The Morgan fingerprint density at radius 3 is 2.68 bits per heavy atom. The fourth-order valence-electron chi connectivity index (χ4n) is 2.03. The number of hydrogen-bond acceptors (Lipinski definition) is 3. The van der Waals surface area contributed by atoms with Crippen molar-refractivity contribution < 1.29 is 14.6 Å². The van der Waals surface area contributed by atoms with Crippen LogP contribution in [0.25, 0.3) is 0 Å². The topological polar surface area (TPSA) is 58.6 Å². The zero-order chi connectivity index (χ0) is 15.9. The lowest BCUT2D eigenvalue weighted by Crippen LogP contribution is -2.29. The third-order valence-corrected chi connectivity index (χ3v) is 3.50. The average molecular weight is 320 g/mol. The molecule has 1 atom stereocenters. The fraction of sp³-hybridized carbons (Fsp3) is 0.235. The van der Waals surface area contributed by atoms with Crippen LogP contribution in [0.2, 0.25) is 5.02 Å². The third-order valence-electron chi connectivity index (χ3n) is 3.25. The van der Waals surface area contributed by atoms with Crippen molar-refractivity contribution in [3.05, 3.63) is 64.7 Å². The number of aliphatic hydroxyl groups is 1. The van der Waals surface area contributed by atoms with Gasteiger partial charge in [0.05, 0.1) is 19.6 Å². The minimum atomic E-state index is -0.774. The summed E-state index contributed by atoms with van der Waals surface area (Å²) in [7, 11) is 1.57. The second kappa shape index (κ2) is 7.82. The molecule has 0 saturated heterocycles. The zero-order valence-electron chi connectivity index (χ0n) is 12.3. The highest BCUT2D eigenvalue weighted by Crippen LogP contribution is 2.18. The molecule has 1 unspecified atom stereocenters. The first-order valence-corrected chi connectivity index (χ1v) is 7.29. The molecule has 0 heterocycles. The van der Waals surface area contributed by atoms with Crippen molar-refractivity contribution in [3.63, 3.8) is 0 Å². The molecular formula is C17H18ClNO3. The Labute approximate surface area is 134 Å². The molecule has 0 aliphatic rings. The van der Waals surface area contributed by atoms with Gasteiger partial charge in [-0.15, -0.1) is 0 Å². The van der Waals surface area contributed by atoms with Gasteiger partial charge in [-0.1, -0.05) is 35.9 Å². The van der Waals surface area contributed by atoms with Gasteiger partial charge in [-0.25, -0.2) is 0 Å². The van der Waals surface area contributed by atoms with Gasteiger partial charge >= 0.3 is 0 Å². The van der Waals surface area contributed by atoms with Gasteiger partial charge in [0.15, 0.2) is 0 Å². The van der Waals surface area contributed by atoms with Gasteiger partial charge in [0.25, 0.3) is 0 Å². The standard InChI is InChI=1S/C17H18ClNO3/c1-22-15-4-2-3-13(10-15)16(20)11-19-17(21)9-12-5-7-14(18)8-6-12/h2-8,10,16,20H,9,11H2,1H3,(H,19,21). The van der Waals surface area contributed by atoms with E-state index >= 15 is 0 Å². The van der Waals surface area contributed by atoms with E-state index < -0.39 is 6.10 Å². The number of nitrogens with one attached hydrogen (secondary N) is 1. The molecule has 0 spiro atoms. The summed E-state index contributed by atoms with van der Waals surface area (Å²) in [4.78, 5) is 11.9. The normalized spacial score (nSPS) is 11.8. The number of amides is 1. The van der Waals surface area contributed by atoms with Gasteiger partial charge in [0.1, 0.15) is 5.75 Å². The second-order valence-electron chi connectivity index (χ2n) is 4.90. The van der Waals surface area contributed by atoms with Crippen LogP contribution in [0.5, 0.6) is 5.75 Å². The van der Waals surface area contributed by atoms with E-state index in [0.29, 0.717) is 16.3 Å². The number of hydrogen-bond donors (Lipinski definition) is 2. The fourth-order valence-corrected chi connectivity index (χ4v) is 2.15. The number of ether oxygens (including phenoxy) is 1. The van der Waals surface area contributed by atoms with Gasteiger partial charge in [-0.3, -0.25) is 4.79 Å². The van der Waals surface area contributed by atoms with Crippen LogP contribution < -0.4 is 10.1 Å². The number of halogens is 1. The molecule has 0 aliphatic carbocycles. The summed E-state index contributed by atoms with van der Waals surface area (Å²) < 4.78 is 5.11. The van der Waals surface area contributed by atoms with Crippen molar-refractivity contribution in [2.45, 2.75) is 12.5 Å². The van der Waals surface area contributed by atoms with Crippen molar-refractivity contribution in [1.29, 1.82) is 0 Å². The monoisotopic (exact) mass is 319 g/mol. The van der Waals surface area contributed by atoms with E-state index in [1.165, 1.54) is 0 Å². The number of aliphatic hydroxyl groups excluding tert-OH is 1. The molecule has 2 rings (SSSR count). The molecule has 0 saturated carbocycles. The lowest BCUT2D eigenvalue weighted by Gasteiger charge is -2.13. The smallest absolute Gasteiger partial charge is 0.224 e. The van der Waals surface area contributed by atoms with E-state index in [4.69, 9.17) is 16.3 Å². The molecule has 116 valence electrons. The maximum absolute atomic E-state index is 11.9. The minimum Gasteiger partial charge on any atom is -0.497 e. The molecule has 0 fully saturated rings. The Morgan fingerprint density at radius 2 is 2.00 bits per heavy atom. The molecule has 5 heteroatoms. The van der Waals surface area contributed by atoms with Crippen LogP contribution in [-0.4, -0.2) is 24.7 Å². The molecule has 0 bridgehead atoms. The molecule has 0 radical (unpaired) electrons. The molecule has 1 amide bonds. The van der Waals surface area contributed by atoms with Crippen LogP contribution in [0, 0.1) is 0 Å². The first kappa shape index (κ1) is 16.3. The second-order valence-corrected chi connectivity index (χ2v) is 5.34. The molecule has 0 aromatic heterocycles. The lowest BCUT2D eigenvalue weighted by molar-refractivity contribution is -0.120. The predicted octanol–water partition coefficient (Wildman–Crippen LogP) is 2.74. The molecule has 0 aliphatic heterocycles. The Hall–Kier alpha value is -2.04. The highest BCUT2D eigenvalue weighted by atomic mass is 35.5. The number of benzene rings is 2. The number of carbonyl (C=O) groups excluding carboxylic acids is 1. The van der Waals surface area contributed by atoms with Crippen LogP contribution in [0.15, 0.2) is 48.5 Å². The quantitative estimate of drug-likeness (QED) is 0.860. The molecule has 2 aromatic rings. The van der Waals surface area contributed by atoms with E-state index in [1.807, 2.05) is 0 Å². The number of carbonyl (C=O) groups is 1. The number of rotatable bonds is 6. The Kier molecular flexibility index (Phi) is 5.81. The van der Waals surface area contributed by atoms with Gasteiger partial charge in [-0.2, -0.15) is 0 Å². The molecule has 2 N–H and O–H groups in total. The zero-order valence-corrected chi connectivity index (χ0v) is 13.0. The summed E-state index contributed by atoms with van der Waals surface area (Å²) in [5, 5.41) is 13.5. The third kappa shape index (κ3) is 4.76. The van der Waals surface area contributed by atoms with Crippen molar-refractivity contribution in [1.82, 2.24) is 5.32 Å². The summed E-state index contributed by atoms with van der Waals surface area (Å²) in [5.74, 6) is 0.522. The SMILES string of the molecule is COc1cccc(C(O)CNC(=O)Cc2ccc(Cl)cc2)c1. The van der Waals surface area contributed by atoms with Crippen LogP contribution in [0.1, 0.15) is 17.2 Å². The van der Waals surface area contributed by atoms with E-state index in [1.54, 1.807) is 55.6 Å². The van der Waals surface area contributed by atoms with E-state index in [9.17, 15) is 9.90 Å². The average Bonchev–Trinajstić information content (AvgIpc) is 2.55. The summed E-state index contributed by atoms with van der Waals surface area (Å²) in [6.07, 6.45) is -0.522. The summed E-state index contributed by atoms with van der Waals surface area (Å²) in [6.45, 7) is 0.152. The molecule has 2 aromatic carbocycles. The Balaban J connectivity index is 1.86. The van der Waals surface area contributed by atoms with E-state index in [-0.39, 0.29) is 18.9 Å².